The number of aryl methyl sites for hydroxylation is 1. The summed E-state index contributed by atoms with van der Waals surface area (Å²) in [4.78, 5) is 43.1. The smallest absolute Gasteiger partial charge is 0.332 e. The van der Waals surface area contributed by atoms with Gasteiger partial charge < -0.3 is 10.1 Å². The summed E-state index contributed by atoms with van der Waals surface area (Å²) in [6, 6.07) is 7.04. The highest BCUT2D eigenvalue weighted by Crippen LogP contribution is 2.19. The standard InChI is InChI=1S/C19H20N4O4/c1-3-4-11-23-18(26)15-17(22(2)19(23)27)21-16(20-15)13-8-5-12(6-9-13)7-10-14(24)25/h5-10H,3-4,11H2,1-2H3,(H,20,21)(H,24,25)/b10-7+. The van der Waals surface area contributed by atoms with E-state index in [-0.39, 0.29) is 16.8 Å². The van der Waals surface area contributed by atoms with Gasteiger partial charge in [0, 0.05) is 25.2 Å². The van der Waals surface area contributed by atoms with Gasteiger partial charge in [-0.2, -0.15) is 0 Å². The van der Waals surface area contributed by atoms with Crippen LogP contribution in [-0.2, 0) is 18.4 Å². The molecule has 27 heavy (non-hydrogen) atoms. The number of nitrogens with zero attached hydrogens (tertiary/aromatic N) is 3. The molecule has 0 aliphatic carbocycles. The molecule has 0 saturated heterocycles. The number of carboxylic acid groups (broad SMARTS) is 1. The molecule has 8 nitrogen and oxygen atoms in total. The molecule has 3 aromatic rings. The molecule has 2 N–H and O–H groups in total. The molecule has 0 radical (unpaired) electrons. The molecule has 8 heteroatoms. The number of aromatic amines is 1. The van der Waals surface area contributed by atoms with E-state index >= 15 is 0 Å². The maximum Gasteiger partial charge on any atom is 0.332 e. The van der Waals surface area contributed by atoms with E-state index in [4.69, 9.17) is 5.11 Å². The van der Waals surface area contributed by atoms with Crippen LogP contribution in [0.25, 0.3) is 28.6 Å². The van der Waals surface area contributed by atoms with Gasteiger partial charge >= 0.3 is 11.7 Å². The van der Waals surface area contributed by atoms with Crippen LogP contribution in [0, 0.1) is 0 Å². The number of unbranched alkanes of at least 4 members (excludes halogenated alkanes) is 1. The number of carbonyl (C=O) groups is 1. The van der Waals surface area contributed by atoms with Crippen molar-refractivity contribution in [1.82, 2.24) is 19.1 Å². The van der Waals surface area contributed by atoms with E-state index in [2.05, 4.69) is 9.97 Å². The second kappa shape index (κ2) is 7.45. The summed E-state index contributed by atoms with van der Waals surface area (Å²) in [7, 11) is 1.59. The van der Waals surface area contributed by atoms with Crippen molar-refractivity contribution in [2.75, 3.05) is 0 Å². The third kappa shape index (κ3) is 3.59. The fraction of sp³-hybridized carbons (Fsp3) is 0.263. The van der Waals surface area contributed by atoms with Crippen LogP contribution < -0.4 is 11.2 Å². The molecule has 0 saturated carbocycles. The average Bonchev–Trinajstić information content (AvgIpc) is 3.11. The van der Waals surface area contributed by atoms with Crippen LogP contribution >= 0.6 is 0 Å². The van der Waals surface area contributed by atoms with Gasteiger partial charge in [0.15, 0.2) is 5.65 Å². The summed E-state index contributed by atoms with van der Waals surface area (Å²) in [6.07, 6.45) is 4.17. The highest BCUT2D eigenvalue weighted by Gasteiger charge is 2.15. The first-order chi connectivity index (χ1) is 12.9. The van der Waals surface area contributed by atoms with E-state index < -0.39 is 5.97 Å². The minimum atomic E-state index is -1.02. The van der Waals surface area contributed by atoms with Crippen LogP contribution in [0.2, 0.25) is 0 Å². The highest BCUT2D eigenvalue weighted by molar-refractivity contribution is 5.85. The quantitative estimate of drug-likeness (QED) is 0.647. The first kappa shape index (κ1) is 18.4. The topological polar surface area (TPSA) is 110 Å². The predicted molar refractivity (Wildman–Crippen MR) is 103 cm³/mol. The molecule has 0 fully saturated rings. The van der Waals surface area contributed by atoms with Crippen LogP contribution in [0.15, 0.2) is 39.9 Å². The third-order valence-electron chi connectivity index (χ3n) is 4.32. The van der Waals surface area contributed by atoms with Crippen LogP contribution in [0.1, 0.15) is 25.3 Å². The number of H-pyrrole nitrogens is 1. The van der Waals surface area contributed by atoms with E-state index in [0.717, 1.165) is 30.0 Å². The fourth-order valence-corrected chi connectivity index (χ4v) is 2.82. The number of nitrogens with one attached hydrogen (secondary N) is 1. The molecule has 2 heterocycles. The minimum Gasteiger partial charge on any atom is -0.478 e. The van der Waals surface area contributed by atoms with Gasteiger partial charge in [0.05, 0.1) is 0 Å². The van der Waals surface area contributed by atoms with Gasteiger partial charge in [-0.05, 0) is 18.1 Å². The number of aromatic nitrogens is 4. The monoisotopic (exact) mass is 368 g/mol. The van der Waals surface area contributed by atoms with Crippen molar-refractivity contribution < 1.29 is 9.90 Å². The molecule has 0 aliphatic heterocycles. The van der Waals surface area contributed by atoms with Crippen LogP contribution in [0.4, 0.5) is 0 Å². The molecular formula is C19H20N4O4. The summed E-state index contributed by atoms with van der Waals surface area (Å²) < 4.78 is 2.60. The third-order valence-corrected chi connectivity index (χ3v) is 4.32. The molecule has 0 aliphatic rings. The minimum absolute atomic E-state index is 0.290. The molecule has 0 unspecified atom stereocenters. The zero-order valence-electron chi connectivity index (χ0n) is 15.1. The molecule has 2 aromatic heterocycles. The molecule has 1 aromatic carbocycles. The van der Waals surface area contributed by atoms with E-state index in [9.17, 15) is 14.4 Å². The molecular weight excluding hydrogens is 348 g/mol. The number of hydrogen-bond donors (Lipinski definition) is 2. The summed E-state index contributed by atoms with van der Waals surface area (Å²) in [5.74, 6) is -0.546. The van der Waals surface area contributed by atoms with Gasteiger partial charge in [-0.3, -0.25) is 13.9 Å². The molecule has 0 spiro atoms. The Morgan fingerprint density at radius 2 is 1.96 bits per heavy atom. The summed E-state index contributed by atoms with van der Waals surface area (Å²) >= 11 is 0. The van der Waals surface area contributed by atoms with Gasteiger partial charge in [-0.15, -0.1) is 0 Å². The fourth-order valence-electron chi connectivity index (χ4n) is 2.82. The van der Waals surface area contributed by atoms with Crippen molar-refractivity contribution in [2.24, 2.45) is 7.05 Å². The Bertz CT molecular complexity index is 1130. The molecule has 0 amide bonds. The van der Waals surface area contributed by atoms with Crippen molar-refractivity contribution in [3.63, 3.8) is 0 Å². The van der Waals surface area contributed by atoms with Gasteiger partial charge in [-0.1, -0.05) is 37.6 Å². The highest BCUT2D eigenvalue weighted by atomic mass is 16.4. The Hall–Kier alpha value is -3.42. The maximum absolute atomic E-state index is 12.7. The maximum atomic E-state index is 12.7. The van der Waals surface area contributed by atoms with Crippen molar-refractivity contribution in [1.29, 1.82) is 0 Å². The van der Waals surface area contributed by atoms with Crippen molar-refractivity contribution >= 4 is 23.2 Å². The number of benzene rings is 1. The number of aliphatic carboxylic acids is 1. The van der Waals surface area contributed by atoms with Crippen LogP contribution in [-0.4, -0.2) is 30.2 Å². The summed E-state index contributed by atoms with van der Waals surface area (Å²) in [5.41, 5.74) is 1.30. The Morgan fingerprint density at radius 1 is 1.26 bits per heavy atom. The lowest BCUT2D eigenvalue weighted by molar-refractivity contribution is -0.131. The summed E-state index contributed by atoms with van der Waals surface area (Å²) in [6.45, 7) is 2.37. The second-order valence-corrected chi connectivity index (χ2v) is 6.23. The Labute approximate surface area is 154 Å². The van der Waals surface area contributed by atoms with E-state index in [0.29, 0.717) is 18.0 Å². The van der Waals surface area contributed by atoms with Crippen molar-refractivity contribution in [3.8, 4) is 11.4 Å². The van der Waals surface area contributed by atoms with Crippen molar-refractivity contribution in [2.45, 2.75) is 26.3 Å². The molecule has 0 bridgehead atoms. The normalized spacial score (nSPS) is 11.5. The zero-order valence-corrected chi connectivity index (χ0v) is 15.1. The lowest BCUT2D eigenvalue weighted by Gasteiger charge is -2.06. The van der Waals surface area contributed by atoms with Crippen LogP contribution in [0.3, 0.4) is 0 Å². The molecule has 140 valence electrons. The largest absolute Gasteiger partial charge is 0.478 e. The first-order valence-electron chi connectivity index (χ1n) is 8.63. The average molecular weight is 368 g/mol. The lowest BCUT2D eigenvalue weighted by atomic mass is 10.1. The Morgan fingerprint density at radius 3 is 2.59 bits per heavy atom. The second-order valence-electron chi connectivity index (χ2n) is 6.23. The van der Waals surface area contributed by atoms with Crippen molar-refractivity contribution in [3.05, 3.63) is 56.7 Å². The van der Waals surface area contributed by atoms with Gasteiger partial charge in [-0.25, -0.2) is 14.6 Å². The van der Waals surface area contributed by atoms with Gasteiger partial charge in [0.25, 0.3) is 5.56 Å². The SMILES string of the molecule is CCCCn1c(=O)c2[nH]c(-c3ccc(/C=C/C(=O)O)cc3)nc2n(C)c1=O. The van der Waals surface area contributed by atoms with E-state index in [1.165, 1.54) is 15.2 Å². The summed E-state index contributed by atoms with van der Waals surface area (Å²) in [5, 5.41) is 8.68. The van der Waals surface area contributed by atoms with Crippen LogP contribution in [0.5, 0.6) is 0 Å². The van der Waals surface area contributed by atoms with Gasteiger partial charge in [0.2, 0.25) is 0 Å². The Balaban J connectivity index is 2.05. The zero-order chi connectivity index (χ0) is 19.6. The number of rotatable bonds is 6. The number of imidazole rings is 1. The number of carboxylic acids is 1. The number of hydrogen-bond acceptors (Lipinski definition) is 4. The molecule has 3 rings (SSSR count). The van der Waals surface area contributed by atoms with Gasteiger partial charge in [0.1, 0.15) is 11.3 Å². The Kier molecular flexibility index (Phi) is 5.07. The lowest BCUT2D eigenvalue weighted by Crippen LogP contribution is -2.39. The van der Waals surface area contributed by atoms with E-state index in [1.54, 1.807) is 31.3 Å². The number of fused-ring (bicyclic) bond motifs is 1. The predicted octanol–water partition coefficient (Wildman–Crippen LogP) is 1.99. The molecule has 0 atom stereocenters. The van der Waals surface area contributed by atoms with E-state index in [1.807, 2.05) is 6.92 Å². The first-order valence-corrected chi connectivity index (χ1v) is 8.63.